The van der Waals surface area contributed by atoms with Gasteiger partial charge in [0.25, 0.3) is 0 Å². The predicted molar refractivity (Wildman–Crippen MR) is 128 cm³/mol. The summed E-state index contributed by atoms with van der Waals surface area (Å²) in [4.78, 5) is 0. The van der Waals surface area contributed by atoms with Crippen LogP contribution in [-0.2, 0) is 32.5 Å². The molecule has 0 amide bonds. The van der Waals surface area contributed by atoms with Gasteiger partial charge in [-0.25, -0.2) is 6.08 Å². The number of hydrogen-bond acceptors (Lipinski definition) is 2. The number of allylic oxidation sites excluding steroid dienone is 3. The Hall–Kier alpha value is -0.0331. The van der Waals surface area contributed by atoms with Crippen molar-refractivity contribution >= 4 is 50.8 Å². The summed E-state index contributed by atoms with van der Waals surface area (Å²) < 4.78 is 11.1. The molecular weight excluding hydrogens is 503 g/mol. The van der Waals surface area contributed by atoms with Gasteiger partial charge in [-0.15, -0.1) is 60.9 Å². The predicted octanol–water partition coefficient (Wildman–Crippen LogP) is 6.42. The summed E-state index contributed by atoms with van der Waals surface area (Å²) >= 11 is 1.36. The number of halogens is 2. The first-order chi connectivity index (χ1) is 11.5. The minimum absolute atomic E-state index is 0. The van der Waals surface area contributed by atoms with Crippen LogP contribution in [0.3, 0.4) is 0 Å². The molecule has 0 heterocycles. The fourth-order valence-electron chi connectivity index (χ4n) is 2.05. The fraction of sp³-hybridized carbons (Fsp3) is 0.286. The molecule has 2 aromatic rings. The minimum Gasteiger partial charge on any atom is -0.168 e. The van der Waals surface area contributed by atoms with Gasteiger partial charge in [-0.2, -0.15) is 29.7 Å². The van der Waals surface area contributed by atoms with Crippen LogP contribution in [0.15, 0.2) is 60.4 Å². The Kier molecular flexibility index (Phi) is 25.6. The Morgan fingerprint density at radius 3 is 2.25 bits per heavy atom. The number of fused-ring (bicyclic) bond motifs is 1. The summed E-state index contributed by atoms with van der Waals surface area (Å²) in [5, 5.41) is 2.66. The van der Waals surface area contributed by atoms with E-state index in [2.05, 4.69) is 75.1 Å². The van der Waals surface area contributed by atoms with Gasteiger partial charge in [-0.05, 0) is 19.6 Å². The standard InChI is InChI=1S/C10H17O2Si.C9H7.2CH3.2ClH.Si.Zr/c1-13(2,3)12-9-8-11-10-6-4-5-7-10;1-2-5-9-7-3-6-8(9)4-1;;;;;;/h4,6H,5,8-9H2,1-3H3;1-7H;2*1H3;2*1H;;/q4*-1;;;;. The number of rotatable bonds is 5. The van der Waals surface area contributed by atoms with Gasteiger partial charge < -0.3 is 24.0 Å². The van der Waals surface area contributed by atoms with E-state index >= 15 is 0 Å². The summed E-state index contributed by atoms with van der Waals surface area (Å²) in [6.45, 7) is 10.9. The normalized spacial score (nSPS) is 10.9. The van der Waals surface area contributed by atoms with Crippen molar-refractivity contribution < 1.29 is 32.5 Å². The molecule has 0 saturated heterocycles. The van der Waals surface area contributed by atoms with Crippen molar-refractivity contribution in [3.05, 3.63) is 81.3 Å². The molecule has 1 aliphatic rings. The van der Waals surface area contributed by atoms with Gasteiger partial charge in [0.2, 0.25) is 0 Å². The molecule has 1 aliphatic carbocycles. The summed E-state index contributed by atoms with van der Waals surface area (Å²) in [6, 6.07) is 14.7. The second kappa shape index (κ2) is 20.2. The van der Waals surface area contributed by atoms with Gasteiger partial charge in [0.15, 0.2) is 8.32 Å². The maximum atomic E-state index is 5.64. The fourth-order valence-corrected chi connectivity index (χ4v) is 2.75. The first kappa shape index (κ1) is 35.4. The van der Waals surface area contributed by atoms with Gasteiger partial charge in [0.05, 0.1) is 6.61 Å². The van der Waals surface area contributed by atoms with E-state index < -0.39 is 8.32 Å². The van der Waals surface area contributed by atoms with E-state index in [1.807, 2.05) is 12.2 Å². The smallest absolute Gasteiger partial charge is 0.0809 e. The molecule has 0 unspecified atom stereocenters. The van der Waals surface area contributed by atoms with Crippen LogP contribution in [0.1, 0.15) is 6.42 Å². The average molecular weight is 535 g/mol. The molecule has 7 heteroatoms. The van der Waals surface area contributed by atoms with E-state index in [1.54, 1.807) is 0 Å². The van der Waals surface area contributed by atoms with E-state index in [0.717, 1.165) is 12.2 Å². The zero-order valence-corrected chi connectivity index (χ0v) is 23.5. The summed E-state index contributed by atoms with van der Waals surface area (Å²) in [5.74, 6) is 0.860. The average Bonchev–Trinajstić information content (AvgIpc) is 3.24. The molecule has 0 fully saturated rings. The monoisotopic (exact) mass is 532 g/mol. The van der Waals surface area contributed by atoms with Gasteiger partial charge in [-0.1, -0.05) is 11.8 Å². The Balaban J connectivity index is -0.000000172. The minimum atomic E-state index is -1.36. The van der Waals surface area contributed by atoms with E-state index in [1.165, 1.54) is 34.1 Å². The molecule has 158 valence electrons. The number of benzene rings is 1. The van der Waals surface area contributed by atoms with Gasteiger partial charge >= 0.3 is 30.2 Å². The molecular formula is C21H32Cl2O2Si2Zr-4. The second-order valence-corrected chi connectivity index (χ2v) is 10.6. The van der Waals surface area contributed by atoms with Crippen molar-refractivity contribution in [2.75, 3.05) is 13.2 Å². The van der Waals surface area contributed by atoms with Crippen molar-refractivity contribution in [2.24, 2.45) is 0 Å². The zero-order valence-electron chi connectivity index (χ0n) is 17.5. The van der Waals surface area contributed by atoms with Gasteiger partial charge in [0.1, 0.15) is 6.61 Å². The third-order valence-electron chi connectivity index (χ3n) is 3.09. The van der Waals surface area contributed by atoms with E-state index in [9.17, 15) is 0 Å². The SMILES string of the molecule is C[Si](C)(C)OCCOC1=[C-]CC=C1.Cl.Cl.[CH3-].[CH3-].[Si]=[Zr].c1ccc2[cH-]ccc2c1. The first-order valence-electron chi connectivity index (χ1n) is 7.94. The maximum absolute atomic E-state index is 5.64. The van der Waals surface area contributed by atoms with Crippen LogP contribution in [0.2, 0.25) is 19.6 Å². The molecule has 28 heavy (non-hydrogen) atoms. The van der Waals surface area contributed by atoms with Crippen LogP contribution in [-0.4, -0.2) is 28.4 Å². The maximum Gasteiger partial charge on any atom is -0.0809 e. The Morgan fingerprint density at radius 2 is 1.71 bits per heavy atom. The molecule has 0 aromatic heterocycles. The van der Waals surface area contributed by atoms with Crippen LogP contribution in [0.4, 0.5) is 0 Å². The topological polar surface area (TPSA) is 18.5 Å². The molecule has 0 spiro atoms. The summed E-state index contributed by atoms with van der Waals surface area (Å²) in [6.07, 6.45) is 7.96. The molecule has 0 bridgehead atoms. The number of hydrogen-bond donors (Lipinski definition) is 0. The summed E-state index contributed by atoms with van der Waals surface area (Å²) in [7, 11) is -1.36. The van der Waals surface area contributed by atoms with E-state index in [4.69, 9.17) is 9.16 Å². The molecule has 2 aromatic carbocycles. The van der Waals surface area contributed by atoms with E-state index in [0.29, 0.717) is 13.2 Å². The molecule has 0 N–H and O–H groups in total. The van der Waals surface area contributed by atoms with Crippen molar-refractivity contribution in [1.29, 1.82) is 0 Å². The van der Waals surface area contributed by atoms with Crippen molar-refractivity contribution in [3.63, 3.8) is 0 Å². The Bertz CT molecular complexity index is 637. The molecule has 0 saturated carbocycles. The molecule has 3 rings (SSSR count). The largest absolute Gasteiger partial charge is 0.168 e. The van der Waals surface area contributed by atoms with Crippen LogP contribution >= 0.6 is 24.8 Å². The van der Waals surface area contributed by atoms with Gasteiger partial charge in [0, 0.05) is 0 Å². The van der Waals surface area contributed by atoms with Gasteiger partial charge in [-0.3, -0.25) is 0 Å². The van der Waals surface area contributed by atoms with Crippen molar-refractivity contribution in [1.82, 2.24) is 0 Å². The van der Waals surface area contributed by atoms with Crippen molar-refractivity contribution in [3.8, 4) is 0 Å². The Morgan fingerprint density at radius 1 is 1.07 bits per heavy atom. The van der Waals surface area contributed by atoms with E-state index in [-0.39, 0.29) is 39.7 Å². The van der Waals surface area contributed by atoms with Crippen LogP contribution in [0.5, 0.6) is 0 Å². The quantitative estimate of drug-likeness (QED) is 0.250. The summed E-state index contributed by atoms with van der Waals surface area (Å²) in [5.41, 5.74) is 0. The first-order valence-corrected chi connectivity index (χ1v) is 15.5. The van der Waals surface area contributed by atoms with Crippen LogP contribution < -0.4 is 0 Å². The molecule has 2 nitrogen and oxygen atoms in total. The third kappa shape index (κ3) is 15.8. The van der Waals surface area contributed by atoms with Crippen molar-refractivity contribution in [2.45, 2.75) is 26.1 Å². The molecule has 2 radical (unpaired) electrons. The third-order valence-corrected chi connectivity index (χ3v) is 4.16. The van der Waals surface area contributed by atoms with Crippen LogP contribution in [0, 0.1) is 20.9 Å². The zero-order chi connectivity index (χ0) is 17.8. The van der Waals surface area contributed by atoms with Crippen LogP contribution in [0.25, 0.3) is 10.8 Å². The molecule has 0 atom stereocenters. The number of ether oxygens (including phenoxy) is 1. The second-order valence-electron chi connectivity index (χ2n) is 6.11. The Labute approximate surface area is 202 Å². The molecule has 0 aliphatic heterocycles.